The number of carbonyl (C=O) groups is 1. The summed E-state index contributed by atoms with van der Waals surface area (Å²) in [5, 5.41) is 0.427. The van der Waals surface area contributed by atoms with Crippen LogP contribution >= 0.6 is 23.2 Å². The number of hydrogen-bond acceptors (Lipinski definition) is 4. The highest BCUT2D eigenvalue weighted by Crippen LogP contribution is 2.30. The Bertz CT molecular complexity index is 985. The topological polar surface area (TPSA) is 63.7 Å². The highest BCUT2D eigenvalue weighted by molar-refractivity contribution is 7.89. The number of carbonyl (C=O) groups excluding carboxylic acids is 1. The molecule has 0 aliphatic carbocycles. The number of piperidine rings is 1. The van der Waals surface area contributed by atoms with Crippen molar-refractivity contribution >= 4 is 45.3 Å². The summed E-state index contributed by atoms with van der Waals surface area (Å²) in [6.45, 7) is 0.639. The molecule has 1 heterocycles. The van der Waals surface area contributed by atoms with Gasteiger partial charge in [-0.15, -0.1) is 0 Å². The first-order valence-corrected chi connectivity index (χ1v) is 11.4. The van der Waals surface area contributed by atoms with Gasteiger partial charge in [-0.3, -0.25) is 4.79 Å². The smallest absolute Gasteiger partial charge is 0.309 e. The van der Waals surface area contributed by atoms with E-state index in [1.54, 1.807) is 6.08 Å². The van der Waals surface area contributed by atoms with Crippen molar-refractivity contribution in [2.45, 2.75) is 17.7 Å². The van der Waals surface area contributed by atoms with Crippen molar-refractivity contribution in [1.82, 2.24) is 4.31 Å². The maximum atomic E-state index is 12.8. The van der Waals surface area contributed by atoms with Gasteiger partial charge in [0.1, 0.15) is 11.5 Å². The van der Waals surface area contributed by atoms with E-state index >= 15 is 0 Å². The van der Waals surface area contributed by atoms with Crippen LogP contribution in [0.15, 0.2) is 59.5 Å². The van der Waals surface area contributed by atoms with Gasteiger partial charge in [0.2, 0.25) is 10.0 Å². The Labute approximate surface area is 180 Å². The molecular weight excluding hydrogens is 433 g/mol. The van der Waals surface area contributed by atoms with Gasteiger partial charge in [0.05, 0.1) is 10.9 Å². The standard InChI is InChI=1S/C21H21Cl2NO4S/c22-18-8-9-19(23)20(15-18)29(26,27)24-12-10-17(11-13-24)21(25)28-14-4-7-16-5-2-1-3-6-16/h1-9,15,17H,10-14H2/b7-4+. The summed E-state index contributed by atoms with van der Waals surface area (Å²) in [6.07, 6.45) is 4.47. The van der Waals surface area contributed by atoms with Gasteiger partial charge >= 0.3 is 5.97 Å². The Hall–Kier alpha value is -1.86. The fourth-order valence-corrected chi connectivity index (χ4v) is 5.35. The van der Waals surface area contributed by atoms with Crippen molar-refractivity contribution in [3.63, 3.8) is 0 Å². The molecule has 0 spiro atoms. The molecule has 0 atom stereocenters. The fraction of sp³-hybridized carbons (Fsp3) is 0.286. The minimum absolute atomic E-state index is 0.0151. The van der Waals surface area contributed by atoms with Crippen LogP contribution in [0.3, 0.4) is 0 Å². The molecule has 5 nitrogen and oxygen atoms in total. The van der Waals surface area contributed by atoms with Crippen molar-refractivity contribution in [2.24, 2.45) is 5.92 Å². The van der Waals surface area contributed by atoms with E-state index in [9.17, 15) is 13.2 Å². The third-order valence-corrected chi connectivity index (χ3v) is 7.35. The van der Waals surface area contributed by atoms with Gasteiger partial charge in [0, 0.05) is 18.1 Å². The van der Waals surface area contributed by atoms with E-state index in [1.165, 1.54) is 22.5 Å². The van der Waals surface area contributed by atoms with E-state index < -0.39 is 10.0 Å². The van der Waals surface area contributed by atoms with Crippen LogP contribution in [0, 0.1) is 5.92 Å². The minimum Gasteiger partial charge on any atom is -0.461 e. The summed E-state index contributed by atoms with van der Waals surface area (Å²) < 4.78 is 32.3. The van der Waals surface area contributed by atoms with Crippen LogP contribution in [0.2, 0.25) is 10.0 Å². The van der Waals surface area contributed by atoms with Gasteiger partial charge in [-0.2, -0.15) is 4.31 Å². The Morgan fingerprint density at radius 3 is 2.48 bits per heavy atom. The molecule has 0 amide bonds. The summed E-state index contributed by atoms with van der Waals surface area (Å²) in [4.78, 5) is 12.3. The van der Waals surface area contributed by atoms with Crippen molar-refractivity contribution < 1.29 is 17.9 Å². The number of ether oxygens (including phenoxy) is 1. The second-order valence-corrected chi connectivity index (χ2v) is 9.45. The van der Waals surface area contributed by atoms with Crippen LogP contribution in [0.1, 0.15) is 18.4 Å². The maximum absolute atomic E-state index is 12.8. The number of hydrogen-bond donors (Lipinski definition) is 0. The van der Waals surface area contributed by atoms with Gasteiger partial charge in [-0.1, -0.05) is 59.6 Å². The van der Waals surface area contributed by atoms with Crippen molar-refractivity contribution in [3.05, 3.63) is 70.2 Å². The van der Waals surface area contributed by atoms with Crippen molar-refractivity contribution in [3.8, 4) is 0 Å². The molecule has 1 aliphatic rings. The molecule has 154 valence electrons. The van der Waals surface area contributed by atoms with Crippen LogP contribution in [-0.2, 0) is 19.6 Å². The third kappa shape index (κ3) is 5.60. The third-order valence-electron chi connectivity index (χ3n) is 4.73. The lowest BCUT2D eigenvalue weighted by Gasteiger charge is -2.30. The van der Waals surface area contributed by atoms with E-state index in [0.717, 1.165) is 5.56 Å². The quantitative estimate of drug-likeness (QED) is 0.596. The Kier molecular flexibility index (Phi) is 7.35. The molecule has 0 saturated carbocycles. The van der Waals surface area contributed by atoms with Crippen LogP contribution in [0.25, 0.3) is 6.08 Å². The van der Waals surface area contributed by atoms with Gasteiger partial charge in [0.25, 0.3) is 0 Å². The number of sulfonamides is 1. The Balaban J connectivity index is 1.52. The van der Waals surface area contributed by atoms with E-state index in [4.69, 9.17) is 27.9 Å². The van der Waals surface area contributed by atoms with Gasteiger partial charge in [-0.25, -0.2) is 8.42 Å². The first kappa shape index (κ1) is 21.8. The number of esters is 1. The Morgan fingerprint density at radius 1 is 1.10 bits per heavy atom. The molecule has 0 bridgehead atoms. The lowest BCUT2D eigenvalue weighted by atomic mass is 9.98. The first-order chi connectivity index (χ1) is 13.9. The second kappa shape index (κ2) is 9.76. The summed E-state index contributed by atoms with van der Waals surface area (Å²) in [7, 11) is -3.76. The van der Waals surface area contributed by atoms with E-state index in [0.29, 0.717) is 17.9 Å². The molecule has 2 aromatic rings. The number of nitrogens with zero attached hydrogens (tertiary/aromatic N) is 1. The largest absolute Gasteiger partial charge is 0.461 e. The van der Waals surface area contributed by atoms with Crippen LogP contribution in [0.5, 0.6) is 0 Å². The van der Waals surface area contributed by atoms with Gasteiger partial charge in [0.15, 0.2) is 0 Å². The summed E-state index contributed by atoms with van der Waals surface area (Å²) in [5.41, 5.74) is 1.03. The number of benzene rings is 2. The van der Waals surface area contributed by atoms with E-state index in [2.05, 4.69) is 0 Å². The molecule has 1 saturated heterocycles. The van der Waals surface area contributed by atoms with Crippen LogP contribution in [0.4, 0.5) is 0 Å². The van der Waals surface area contributed by atoms with Crippen LogP contribution in [-0.4, -0.2) is 38.4 Å². The molecule has 3 rings (SSSR count). The first-order valence-electron chi connectivity index (χ1n) is 9.21. The fourth-order valence-electron chi connectivity index (χ4n) is 3.14. The lowest BCUT2D eigenvalue weighted by Crippen LogP contribution is -2.40. The van der Waals surface area contributed by atoms with Gasteiger partial charge in [-0.05, 0) is 42.7 Å². The number of halogens is 2. The summed E-state index contributed by atoms with van der Waals surface area (Å²) in [5.74, 6) is -0.623. The zero-order valence-corrected chi connectivity index (χ0v) is 18.0. The average molecular weight is 454 g/mol. The molecule has 1 fully saturated rings. The molecule has 1 aliphatic heterocycles. The number of rotatable bonds is 6. The summed E-state index contributed by atoms with van der Waals surface area (Å²) >= 11 is 12.0. The minimum atomic E-state index is -3.76. The van der Waals surface area contributed by atoms with E-state index in [-0.39, 0.29) is 41.5 Å². The highest BCUT2D eigenvalue weighted by atomic mass is 35.5. The highest BCUT2D eigenvalue weighted by Gasteiger charge is 2.33. The predicted octanol–water partition coefficient (Wildman–Crippen LogP) is 4.65. The van der Waals surface area contributed by atoms with Crippen LogP contribution < -0.4 is 0 Å². The van der Waals surface area contributed by atoms with Gasteiger partial charge < -0.3 is 4.74 Å². The molecule has 0 unspecified atom stereocenters. The molecule has 29 heavy (non-hydrogen) atoms. The lowest BCUT2D eigenvalue weighted by molar-refractivity contribution is -0.148. The average Bonchev–Trinajstić information content (AvgIpc) is 2.73. The monoisotopic (exact) mass is 453 g/mol. The SMILES string of the molecule is O=C(OC/C=C/c1ccccc1)C1CCN(S(=O)(=O)c2cc(Cl)ccc2Cl)CC1. The zero-order chi connectivity index (χ0) is 20.9. The normalized spacial score (nSPS) is 16.2. The predicted molar refractivity (Wildman–Crippen MR) is 114 cm³/mol. The molecule has 2 aromatic carbocycles. The second-order valence-electron chi connectivity index (χ2n) is 6.70. The molecule has 0 radical (unpaired) electrons. The molecule has 8 heteroatoms. The molecular formula is C21H21Cl2NO4S. The van der Waals surface area contributed by atoms with Crippen molar-refractivity contribution in [2.75, 3.05) is 19.7 Å². The van der Waals surface area contributed by atoms with Crippen molar-refractivity contribution in [1.29, 1.82) is 0 Å². The maximum Gasteiger partial charge on any atom is 0.309 e. The summed E-state index contributed by atoms with van der Waals surface area (Å²) in [6, 6.07) is 14.1. The Morgan fingerprint density at radius 2 is 1.79 bits per heavy atom. The zero-order valence-electron chi connectivity index (χ0n) is 15.6. The molecule has 0 aromatic heterocycles. The molecule has 0 N–H and O–H groups in total. The van der Waals surface area contributed by atoms with E-state index in [1.807, 2.05) is 36.4 Å².